The van der Waals surface area contributed by atoms with Crippen molar-refractivity contribution in [3.63, 3.8) is 0 Å². The lowest BCUT2D eigenvalue weighted by molar-refractivity contribution is -0.112. The molecule has 0 aliphatic heterocycles. The maximum Gasteiger partial charge on any atom is 0.152 e. The van der Waals surface area contributed by atoms with Crippen molar-refractivity contribution in [2.24, 2.45) is 0 Å². The van der Waals surface area contributed by atoms with Crippen molar-refractivity contribution in [2.75, 3.05) is 0 Å². The highest BCUT2D eigenvalue weighted by atomic mass is 16.1. The summed E-state index contributed by atoms with van der Waals surface area (Å²) in [6.45, 7) is 3.83. The Morgan fingerprint density at radius 3 is 2.31 bits per heavy atom. The Balaban J connectivity index is 3.03. The molecule has 0 atom stereocenters. The third-order valence-electron chi connectivity index (χ3n) is 2.08. The highest BCUT2D eigenvalue weighted by molar-refractivity contribution is 5.87. The van der Waals surface area contributed by atoms with Gasteiger partial charge >= 0.3 is 0 Å². The van der Waals surface area contributed by atoms with E-state index in [1.807, 2.05) is 6.08 Å². The minimum Gasteiger partial charge on any atom is -0.295 e. The van der Waals surface area contributed by atoms with E-state index in [9.17, 15) is 4.79 Å². The first-order valence-corrected chi connectivity index (χ1v) is 5.44. The third-order valence-corrected chi connectivity index (χ3v) is 2.08. The van der Waals surface area contributed by atoms with E-state index in [1.54, 1.807) is 13.0 Å². The van der Waals surface area contributed by atoms with E-state index < -0.39 is 0 Å². The summed E-state index contributed by atoms with van der Waals surface area (Å²) in [5.41, 5.74) is 0. The van der Waals surface area contributed by atoms with E-state index in [2.05, 4.69) is 6.92 Å². The van der Waals surface area contributed by atoms with Crippen LogP contribution in [0.5, 0.6) is 0 Å². The Bertz CT molecular complexity index is 147. The van der Waals surface area contributed by atoms with Crippen LogP contribution < -0.4 is 0 Å². The molecular weight excluding hydrogens is 160 g/mol. The SMILES string of the molecule is CCCCCCCC/C=C\C(C)=O. The quantitative estimate of drug-likeness (QED) is 0.411. The maximum atomic E-state index is 10.5. The van der Waals surface area contributed by atoms with Gasteiger partial charge in [-0.15, -0.1) is 0 Å². The van der Waals surface area contributed by atoms with Gasteiger partial charge in [-0.1, -0.05) is 45.1 Å². The molecular formula is C12H22O. The summed E-state index contributed by atoms with van der Waals surface area (Å²) in [5.74, 6) is 0.158. The fraction of sp³-hybridized carbons (Fsp3) is 0.750. The number of unbranched alkanes of at least 4 members (excludes halogenated alkanes) is 6. The average Bonchev–Trinajstić information content (AvgIpc) is 2.09. The molecule has 0 amide bonds. The van der Waals surface area contributed by atoms with Crippen LogP contribution >= 0.6 is 0 Å². The standard InChI is InChI=1S/C12H22O/c1-3-4-5-6-7-8-9-10-11-12(2)13/h10-11H,3-9H2,1-2H3/b11-10-. The zero-order valence-corrected chi connectivity index (χ0v) is 9.01. The van der Waals surface area contributed by atoms with Crippen LogP contribution in [0, 0.1) is 0 Å². The second kappa shape index (κ2) is 9.50. The molecule has 1 nitrogen and oxygen atoms in total. The molecule has 0 spiro atoms. The number of allylic oxidation sites excluding steroid dienone is 2. The second-order valence-electron chi connectivity index (χ2n) is 3.57. The molecule has 0 heterocycles. The molecule has 0 radical (unpaired) electrons. The van der Waals surface area contributed by atoms with Crippen LogP contribution in [0.15, 0.2) is 12.2 Å². The van der Waals surface area contributed by atoms with Gasteiger partial charge in [0.2, 0.25) is 0 Å². The number of carbonyl (C=O) groups excluding carboxylic acids is 1. The molecule has 0 unspecified atom stereocenters. The van der Waals surface area contributed by atoms with E-state index in [-0.39, 0.29) is 5.78 Å². The first-order valence-electron chi connectivity index (χ1n) is 5.44. The van der Waals surface area contributed by atoms with Gasteiger partial charge in [-0.25, -0.2) is 0 Å². The molecule has 0 saturated heterocycles. The van der Waals surface area contributed by atoms with E-state index >= 15 is 0 Å². The molecule has 0 aromatic rings. The lowest BCUT2D eigenvalue weighted by Crippen LogP contribution is -1.81. The Kier molecular flexibility index (Phi) is 9.07. The number of carbonyl (C=O) groups is 1. The van der Waals surface area contributed by atoms with Crippen molar-refractivity contribution in [2.45, 2.75) is 58.8 Å². The first-order chi connectivity index (χ1) is 6.27. The topological polar surface area (TPSA) is 17.1 Å². The van der Waals surface area contributed by atoms with E-state index in [0.717, 1.165) is 6.42 Å². The lowest BCUT2D eigenvalue weighted by Gasteiger charge is -1.97. The van der Waals surface area contributed by atoms with Crippen molar-refractivity contribution in [1.82, 2.24) is 0 Å². The fourth-order valence-corrected chi connectivity index (χ4v) is 1.29. The van der Waals surface area contributed by atoms with E-state index in [1.165, 1.54) is 38.5 Å². The van der Waals surface area contributed by atoms with Crippen LogP contribution in [0.4, 0.5) is 0 Å². The van der Waals surface area contributed by atoms with Crippen molar-refractivity contribution >= 4 is 5.78 Å². The summed E-state index contributed by atoms with van der Waals surface area (Å²) in [6, 6.07) is 0. The van der Waals surface area contributed by atoms with Gasteiger partial charge in [-0.3, -0.25) is 4.79 Å². The smallest absolute Gasteiger partial charge is 0.152 e. The normalized spacial score (nSPS) is 10.9. The molecule has 0 aromatic heterocycles. The van der Waals surface area contributed by atoms with Crippen LogP contribution in [-0.4, -0.2) is 5.78 Å². The van der Waals surface area contributed by atoms with Gasteiger partial charge < -0.3 is 0 Å². The van der Waals surface area contributed by atoms with Gasteiger partial charge in [-0.05, 0) is 25.8 Å². The zero-order chi connectivity index (χ0) is 9.94. The Labute approximate surface area is 82.2 Å². The molecule has 0 N–H and O–H groups in total. The van der Waals surface area contributed by atoms with Crippen LogP contribution in [0.1, 0.15) is 58.8 Å². The number of hydrogen-bond donors (Lipinski definition) is 0. The van der Waals surface area contributed by atoms with Crippen LogP contribution in [0.3, 0.4) is 0 Å². The Hall–Kier alpha value is -0.590. The van der Waals surface area contributed by atoms with Gasteiger partial charge in [-0.2, -0.15) is 0 Å². The zero-order valence-electron chi connectivity index (χ0n) is 9.01. The number of rotatable bonds is 8. The minimum atomic E-state index is 0.158. The highest BCUT2D eigenvalue weighted by Gasteiger charge is 1.88. The summed E-state index contributed by atoms with van der Waals surface area (Å²) in [7, 11) is 0. The largest absolute Gasteiger partial charge is 0.295 e. The van der Waals surface area contributed by atoms with Crippen LogP contribution in [0.2, 0.25) is 0 Å². The van der Waals surface area contributed by atoms with Crippen molar-refractivity contribution in [3.8, 4) is 0 Å². The van der Waals surface area contributed by atoms with Crippen LogP contribution in [0.25, 0.3) is 0 Å². The summed E-state index contributed by atoms with van der Waals surface area (Å²) in [6.07, 6.45) is 12.7. The summed E-state index contributed by atoms with van der Waals surface area (Å²) >= 11 is 0. The molecule has 0 fully saturated rings. The molecule has 0 aliphatic rings. The summed E-state index contributed by atoms with van der Waals surface area (Å²) < 4.78 is 0. The third kappa shape index (κ3) is 11.4. The number of hydrogen-bond acceptors (Lipinski definition) is 1. The van der Waals surface area contributed by atoms with Gasteiger partial charge in [0.25, 0.3) is 0 Å². The van der Waals surface area contributed by atoms with E-state index in [4.69, 9.17) is 0 Å². The maximum absolute atomic E-state index is 10.5. The predicted octanol–water partition coefficient (Wildman–Crippen LogP) is 3.88. The first kappa shape index (κ1) is 12.4. The molecule has 1 heteroatoms. The average molecular weight is 182 g/mol. The molecule has 0 aromatic carbocycles. The second-order valence-corrected chi connectivity index (χ2v) is 3.57. The fourth-order valence-electron chi connectivity index (χ4n) is 1.29. The van der Waals surface area contributed by atoms with E-state index in [0.29, 0.717) is 0 Å². The molecule has 0 bridgehead atoms. The lowest BCUT2D eigenvalue weighted by atomic mass is 10.1. The van der Waals surface area contributed by atoms with Crippen molar-refractivity contribution < 1.29 is 4.79 Å². The van der Waals surface area contributed by atoms with Gasteiger partial charge in [0.15, 0.2) is 5.78 Å². The summed E-state index contributed by atoms with van der Waals surface area (Å²) in [5, 5.41) is 0. The Morgan fingerprint density at radius 2 is 1.69 bits per heavy atom. The van der Waals surface area contributed by atoms with Gasteiger partial charge in [0, 0.05) is 0 Å². The van der Waals surface area contributed by atoms with Crippen molar-refractivity contribution in [1.29, 1.82) is 0 Å². The highest BCUT2D eigenvalue weighted by Crippen LogP contribution is 2.06. The van der Waals surface area contributed by atoms with Gasteiger partial charge in [0.1, 0.15) is 0 Å². The molecule has 0 aliphatic carbocycles. The molecule has 13 heavy (non-hydrogen) atoms. The van der Waals surface area contributed by atoms with Crippen LogP contribution in [-0.2, 0) is 4.79 Å². The predicted molar refractivity (Wildman–Crippen MR) is 57.8 cm³/mol. The number of ketones is 1. The minimum absolute atomic E-state index is 0.158. The Morgan fingerprint density at radius 1 is 1.08 bits per heavy atom. The monoisotopic (exact) mass is 182 g/mol. The van der Waals surface area contributed by atoms with Crippen molar-refractivity contribution in [3.05, 3.63) is 12.2 Å². The molecule has 0 rings (SSSR count). The molecule has 0 saturated carbocycles. The summed E-state index contributed by atoms with van der Waals surface area (Å²) in [4.78, 5) is 10.5. The molecule has 76 valence electrons. The van der Waals surface area contributed by atoms with Gasteiger partial charge in [0.05, 0.1) is 0 Å².